The van der Waals surface area contributed by atoms with Gasteiger partial charge in [0.05, 0.1) is 7.11 Å². The first-order valence-corrected chi connectivity index (χ1v) is 6.35. The number of nitrogens with two attached hydrogens (primary N) is 1. The first-order valence-electron chi connectivity index (χ1n) is 6.35. The van der Waals surface area contributed by atoms with Crippen molar-refractivity contribution in [2.24, 2.45) is 11.7 Å². The maximum Gasteiger partial charge on any atom is 0.160 e. The third-order valence-electron chi connectivity index (χ3n) is 3.75. The van der Waals surface area contributed by atoms with Crippen LogP contribution >= 0.6 is 12.4 Å². The fourth-order valence-electron chi connectivity index (χ4n) is 2.68. The van der Waals surface area contributed by atoms with E-state index < -0.39 is 0 Å². The van der Waals surface area contributed by atoms with Gasteiger partial charge in [-0.25, -0.2) is 0 Å². The summed E-state index contributed by atoms with van der Waals surface area (Å²) in [6, 6.07) is 5.51. The highest BCUT2D eigenvalue weighted by molar-refractivity contribution is 5.85. The number of phenolic OH excluding ortho intramolecular Hbond substituents is 1. The van der Waals surface area contributed by atoms with Crippen LogP contribution < -0.4 is 10.5 Å². The van der Waals surface area contributed by atoms with E-state index in [-0.39, 0.29) is 24.2 Å². The standard InChI is InChI=1S/C14H21NO2.ClH/c1-17-13-8-7-11(9-12(13)16)14(15)10-5-3-2-4-6-10;/h7-10,14,16H,2-6,15H2,1H3;1H/t14-;/m0./s1. The molecule has 0 spiro atoms. The van der Waals surface area contributed by atoms with Crippen LogP contribution in [0.3, 0.4) is 0 Å². The zero-order valence-electron chi connectivity index (χ0n) is 10.8. The molecule has 1 aliphatic carbocycles. The minimum atomic E-state index is 0. The minimum absolute atomic E-state index is 0. The molecule has 0 radical (unpaired) electrons. The van der Waals surface area contributed by atoms with Crippen LogP contribution in [0.15, 0.2) is 18.2 Å². The van der Waals surface area contributed by atoms with Crippen molar-refractivity contribution in [3.63, 3.8) is 0 Å². The SMILES string of the molecule is COc1ccc([C@@H](N)C2CCCCC2)cc1O.Cl. The summed E-state index contributed by atoms with van der Waals surface area (Å²) in [6.45, 7) is 0. The maximum atomic E-state index is 9.76. The molecule has 0 unspecified atom stereocenters. The second-order valence-corrected chi connectivity index (χ2v) is 4.86. The fraction of sp³-hybridized carbons (Fsp3) is 0.571. The van der Waals surface area contributed by atoms with Crippen LogP contribution in [0, 0.1) is 5.92 Å². The lowest BCUT2D eigenvalue weighted by Gasteiger charge is -2.27. The number of phenols is 1. The fourth-order valence-corrected chi connectivity index (χ4v) is 2.68. The van der Waals surface area contributed by atoms with Gasteiger partial charge in [0.1, 0.15) is 0 Å². The van der Waals surface area contributed by atoms with E-state index in [0.29, 0.717) is 11.7 Å². The van der Waals surface area contributed by atoms with E-state index in [9.17, 15) is 5.11 Å². The average molecular weight is 272 g/mol. The summed E-state index contributed by atoms with van der Waals surface area (Å²) in [7, 11) is 1.55. The van der Waals surface area contributed by atoms with Crippen molar-refractivity contribution in [1.29, 1.82) is 0 Å². The highest BCUT2D eigenvalue weighted by Crippen LogP contribution is 2.35. The molecule has 2 rings (SSSR count). The molecule has 4 heteroatoms. The van der Waals surface area contributed by atoms with Gasteiger partial charge in [0.2, 0.25) is 0 Å². The first kappa shape index (κ1) is 15.1. The van der Waals surface area contributed by atoms with E-state index in [2.05, 4.69) is 0 Å². The van der Waals surface area contributed by atoms with Gasteiger partial charge in [-0.1, -0.05) is 25.3 Å². The molecule has 1 aliphatic rings. The number of halogens is 1. The molecule has 0 aromatic heterocycles. The molecule has 3 N–H and O–H groups in total. The Hall–Kier alpha value is -0.930. The number of hydrogen-bond acceptors (Lipinski definition) is 3. The molecule has 0 heterocycles. The smallest absolute Gasteiger partial charge is 0.160 e. The third kappa shape index (κ3) is 3.30. The Morgan fingerprint density at radius 3 is 2.50 bits per heavy atom. The van der Waals surface area contributed by atoms with E-state index in [0.717, 1.165) is 5.56 Å². The largest absolute Gasteiger partial charge is 0.504 e. The number of ether oxygens (including phenoxy) is 1. The van der Waals surface area contributed by atoms with Crippen molar-refractivity contribution in [1.82, 2.24) is 0 Å². The summed E-state index contributed by atoms with van der Waals surface area (Å²) < 4.78 is 5.03. The lowest BCUT2D eigenvalue weighted by molar-refractivity contribution is 0.307. The van der Waals surface area contributed by atoms with Crippen LogP contribution in [0.5, 0.6) is 11.5 Å². The quantitative estimate of drug-likeness (QED) is 0.886. The highest BCUT2D eigenvalue weighted by atomic mass is 35.5. The number of methoxy groups -OCH3 is 1. The predicted octanol–water partition coefficient (Wildman–Crippen LogP) is 3.40. The molecule has 102 valence electrons. The van der Waals surface area contributed by atoms with Crippen LogP contribution in [0.25, 0.3) is 0 Å². The van der Waals surface area contributed by atoms with Crippen LogP contribution in [-0.2, 0) is 0 Å². The van der Waals surface area contributed by atoms with Gasteiger partial charge in [0.15, 0.2) is 11.5 Å². The maximum absolute atomic E-state index is 9.76. The molecule has 0 saturated heterocycles. The highest BCUT2D eigenvalue weighted by Gasteiger charge is 2.22. The number of rotatable bonds is 3. The van der Waals surface area contributed by atoms with Gasteiger partial charge in [0.25, 0.3) is 0 Å². The summed E-state index contributed by atoms with van der Waals surface area (Å²) in [5, 5.41) is 9.76. The second kappa shape index (κ2) is 6.86. The zero-order valence-corrected chi connectivity index (χ0v) is 11.6. The summed E-state index contributed by atoms with van der Waals surface area (Å²) in [6.07, 6.45) is 6.29. The molecular formula is C14H22ClNO2. The van der Waals surface area contributed by atoms with Crippen LogP contribution in [0.4, 0.5) is 0 Å². The Bertz CT molecular complexity index is 378. The second-order valence-electron chi connectivity index (χ2n) is 4.86. The van der Waals surface area contributed by atoms with E-state index in [4.69, 9.17) is 10.5 Å². The molecule has 1 fully saturated rings. The van der Waals surface area contributed by atoms with E-state index in [1.165, 1.54) is 32.1 Å². The predicted molar refractivity (Wildman–Crippen MR) is 75.4 cm³/mol. The number of hydrogen-bond donors (Lipinski definition) is 2. The van der Waals surface area contributed by atoms with Gasteiger partial charge in [-0.3, -0.25) is 0 Å². The Morgan fingerprint density at radius 1 is 1.28 bits per heavy atom. The average Bonchev–Trinajstić information content (AvgIpc) is 2.39. The normalized spacial score (nSPS) is 17.9. The molecular weight excluding hydrogens is 250 g/mol. The summed E-state index contributed by atoms with van der Waals surface area (Å²) in [4.78, 5) is 0. The van der Waals surface area contributed by atoms with E-state index in [1.54, 1.807) is 19.2 Å². The molecule has 0 aliphatic heterocycles. The van der Waals surface area contributed by atoms with Gasteiger partial charge < -0.3 is 15.6 Å². The molecule has 1 aromatic carbocycles. The Morgan fingerprint density at radius 2 is 1.94 bits per heavy atom. The lowest BCUT2D eigenvalue weighted by atomic mass is 9.81. The van der Waals surface area contributed by atoms with E-state index in [1.807, 2.05) is 6.07 Å². The van der Waals surface area contributed by atoms with Crippen LogP contribution in [0.1, 0.15) is 43.7 Å². The molecule has 18 heavy (non-hydrogen) atoms. The molecule has 3 nitrogen and oxygen atoms in total. The Balaban J connectivity index is 0.00000162. The van der Waals surface area contributed by atoms with Crippen molar-refractivity contribution in [2.75, 3.05) is 7.11 Å². The van der Waals surface area contributed by atoms with Gasteiger partial charge in [-0.05, 0) is 36.5 Å². The first-order chi connectivity index (χ1) is 8.22. The van der Waals surface area contributed by atoms with Crippen molar-refractivity contribution < 1.29 is 9.84 Å². The van der Waals surface area contributed by atoms with Gasteiger partial charge >= 0.3 is 0 Å². The Kier molecular flexibility index (Phi) is 5.76. The summed E-state index contributed by atoms with van der Waals surface area (Å²) in [5.41, 5.74) is 7.29. The minimum Gasteiger partial charge on any atom is -0.504 e. The molecule has 1 aromatic rings. The van der Waals surface area contributed by atoms with Gasteiger partial charge in [-0.2, -0.15) is 0 Å². The lowest BCUT2D eigenvalue weighted by Crippen LogP contribution is -2.23. The van der Waals surface area contributed by atoms with Crippen LogP contribution in [0.2, 0.25) is 0 Å². The monoisotopic (exact) mass is 271 g/mol. The number of aromatic hydroxyl groups is 1. The van der Waals surface area contributed by atoms with Crippen molar-refractivity contribution in [3.8, 4) is 11.5 Å². The molecule has 1 atom stereocenters. The van der Waals surface area contributed by atoms with E-state index >= 15 is 0 Å². The molecule has 1 saturated carbocycles. The van der Waals surface area contributed by atoms with Crippen molar-refractivity contribution in [2.45, 2.75) is 38.1 Å². The van der Waals surface area contributed by atoms with Crippen molar-refractivity contribution in [3.05, 3.63) is 23.8 Å². The third-order valence-corrected chi connectivity index (χ3v) is 3.75. The van der Waals surface area contributed by atoms with Gasteiger partial charge in [0, 0.05) is 6.04 Å². The summed E-state index contributed by atoms with van der Waals surface area (Å²) in [5.74, 6) is 1.23. The topological polar surface area (TPSA) is 55.5 Å². The zero-order chi connectivity index (χ0) is 12.3. The Labute approximate surface area is 115 Å². The number of benzene rings is 1. The van der Waals surface area contributed by atoms with Crippen molar-refractivity contribution >= 4 is 12.4 Å². The molecule has 0 bridgehead atoms. The summed E-state index contributed by atoms with van der Waals surface area (Å²) >= 11 is 0. The van der Waals surface area contributed by atoms with Crippen LogP contribution in [-0.4, -0.2) is 12.2 Å². The van der Waals surface area contributed by atoms with Gasteiger partial charge in [-0.15, -0.1) is 12.4 Å². The molecule has 0 amide bonds.